The summed E-state index contributed by atoms with van der Waals surface area (Å²) >= 11 is 0. The number of fused-ring (bicyclic) bond motifs is 1. The van der Waals surface area contributed by atoms with E-state index < -0.39 is 5.41 Å². The summed E-state index contributed by atoms with van der Waals surface area (Å²) in [5.74, 6) is 0.489. The lowest BCUT2D eigenvalue weighted by Gasteiger charge is -2.25. The Morgan fingerprint density at radius 1 is 1.07 bits per heavy atom. The number of hydrazine groups is 1. The van der Waals surface area contributed by atoms with Gasteiger partial charge >= 0.3 is 0 Å². The zero-order valence-electron chi connectivity index (χ0n) is 14.8. The number of aldehydes is 1. The first-order valence-electron chi connectivity index (χ1n) is 8.99. The molecule has 0 saturated carbocycles. The molecule has 1 atom stereocenters. The summed E-state index contributed by atoms with van der Waals surface area (Å²) in [6, 6.07) is 16.2. The predicted octanol–water partition coefficient (Wildman–Crippen LogP) is 2.49. The number of benzene rings is 2. The van der Waals surface area contributed by atoms with Crippen molar-refractivity contribution >= 4 is 23.5 Å². The van der Waals surface area contributed by atoms with E-state index in [1.165, 1.54) is 10.4 Å². The van der Waals surface area contributed by atoms with Crippen molar-refractivity contribution in [3.05, 3.63) is 60.6 Å². The zero-order chi connectivity index (χ0) is 18.7. The van der Waals surface area contributed by atoms with E-state index in [0.717, 1.165) is 29.3 Å². The van der Waals surface area contributed by atoms with Crippen molar-refractivity contribution < 1.29 is 9.59 Å². The van der Waals surface area contributed by atoms with Crippen LogP contribution in [0.15, 0.2) is 54.7 Å². The lowest BCUT2D eigenvalue weighted by molar-refractivity contribution is -0.121. The van der Waals surface area contributed by atoms with E-state index in [1.807, 2.05) is 24.3 Å². The predicted molar refractivity (Wildman–Crippen MR) is 103 cm³/mol. The molecule has 3 aromatic rings. The van der Waals surface area contributed by atoms with Crippen LogP contribution in [0.5, 0.6) is 0 Å². The molecular weight excluding hydrogens is 340 g/mol. The SMILES string of the molecule is O=CN1CCCC(C=O)(c2nccc(-c3ccc4ccccc4c3)n2)CN1. The highest BCUT2D eigenvalue weighted by molar-refractivity contribution is 5.86. The van der Waals surface area contributed by atoms with Crippen LogP contribution in [-0.2, 0) is 15.0 Å². The molecule has 0 radical (unpaired) electrons. The fourth-order valence-electron chi connectivity index (χ4n) is 3.52. The quantitative estimate of drug-likeness (QED) is 0.724. The lowest BCUT2D eigenvalue weighted by Crippen LogP contribution is -2.44. The summed E-state index contributed by atoms with van der Waals surface area (Å²) in [5.41, 5.74) is 3.93. The largest absolute Gasteiger partial charge is 0.302 e. The third-order valence-corrected chi connectivity index (χ3v) is 5.12. The van der Waals surface area contributed by atoms with Crippen molar-refractivity contribution in [1.82, 2.24) is 20.4 Å². The summed E-state index contributed by atoms with van der Waals surface area (Å²) < 4.78 is 0. The molecule has 1 aromatic heterocycles. The topological polar surface area (TPSA) is 75.2 Å². The highest BCUT2D eigenvalue weighted by atomic mass is 16.1. The van der Waals surface area contributed by atoms with Gasteiger partial charge in [-0.05, 0) is 35.7 Å². The van der Waals surface area contributed by atoms with Gasteiger partial charge in [-0.1, -0.05) is 36.4 Å². The van der Waals surface area contributed by atoms with E-state index in [-0.39, 0.29) is 0 Å². The molecule has 1 aliphatic heterocycles. The molecule has 1 saturated heterocycles. The molecule has 0 spiro atoms. The summed E-state index contributed by atoms with van der Waals surface area (Å²) in [4.78, 5) is 32.2. The molecule has 136 valence electrons. The van der Waals surface area contributed by atoms with Gasteiger partial charge in [-0.25, -0.2) is 15.4 Å². The molecule has 2 heterocycles. The first-order chi connectivity index (χ1) is 13.2. The third kappa shape index (κ3) is 3.31. The maximum absolute atomic E-state index is 12.0. The van der Waals surface area contributed by atoms with Crippen LogP contribution < -0.4 is 5.43 Å². The second kappa shape index (κ2) is 7.25. The van der Waals surface area contributed by atoms with Gasteiger partial charge in [-0.2, -0.15) is 0 Å². The molecule has 27 heavy (non-hydrogen) atoms. The van der Waals surface area contributed by atoms with Crippen molar-refractivity contribution in [3.8, 4) is 11.3 Å². The van der Waals surface area contributed by atoms with Crippen molar-refractivity contribution in [2.75, 3.05) is 13.1 Å². The Labute approximate surface area is 157 Å². The smallest absolute Gasteiger partial charge is 0.223 e. The van der Waals surface area contributed by atoms with Crippen LogP contribution in [0.4, 0.5) is 0 Å². The van der Waals surface area contributed by atoms with E-state index in [0.29, 0.717) is 31.8 Å². The van der Waals surface area contributed by atoms with Crippen LogP contribution in [0.3, 0.4) is 0 Å². The van der Waals surface area contributed by atoms with Gasteiger partial charge in [-0.3, -0.25) is 9.80 Å². The van der Waals surface area contributed by atoms with Gasteiger partial charge in [0.1, 0.15) is 12.1 Å². The molecule has 4 rings (SSSR count). The first-order valence-corrected chi connectivity index (χ1v) is 8.99. The molecule has 1 N–H and O–H groups in total. The van der Waals surface area contributed by atoms with Crippen molar-refractivity contribution in [2.45, 2.75) is 18.3 Å². The number of nitrogens with one attached hydrogen (secondary N) is 1. The van der Waals surface area contributed by atoms with Crippen LogP contribution in [0.25, 0.3) is 22.0 Å². The number of amides is 1. The highest BCUT2D eigenvalue weighted by Gasteiger charge is 2.37. The van der Waals surface area contributed by atoms with Crippen molar-refractivity contribution in [3.63, 3.8) is 0 Å². The van der Waals surface area contributed by atoms with E-state index in [2.05, 4.69) is 34.7 Å². The summed E-state index contributed by atoms with van der Waals surface area (Å²) in [5, 5.41) is 3.78. The third-order valence-electron chi connectivity index (χ3n) is 5.12. The summed E-state index contributed by atoms with van der Waals surface area (Å²) in [6.45, 7) is 0.861. The van der Waals surface area contributed by atoms with Crippen LogP contribution in [-0.4, -0.2) is 40.8 Å². The lowest BCUT2D eigenvalue weighted by atomic mass is 9.84. The Morgan fingerprint density at radius 3 is 2.74 bits per heavy atom. The Kier molecular flexibility index (Phi) is 4.64. The number of hydrogen-bond acceptors (Lipinski definition) is 5. The van der Waals surface area contributed by atoms with Gasteiger partial charge in [0.05, 0.1) is 11.1 Å². The van der Waals surface area contributed by atoms with Crippen molar-refractivity contribution in [2.24, 2.45) is 0 Å². The van der Waals surface area contributed by atoms with Gasteiger partial charge in [0, 0.05) is 24.8 Å². The molecular formula is C21H20N4O2. The van der Waals surface area contributed by atoms with Gasteiger partial charge in [0.15, 0.2) is 0 Å². The number of nitrogens with zero attached hydrogens (tertiary/aromatic N) is 3. The van der Waals surface area contributed by atoms with Gasteiger partial charge in [0.2, 0.25) is 6.41 Å². The van der Waals surface area contributed by atoms with E-state index in [9.17, 15) is 9.59 Å². The van der Waals surface area contributed by atoms with Crippen LogP contribution >= 0.6 is 0 Å². The monoisotopic (exact) mass is 360 g/mol. The number of hydrogen-bond donors (Lipinski definition) is 1. The Morgan fingerprint density at radius 2 is 1.93 bits per heavy atom. The molecule has 1 unspecified atom stereocenters. The molecule has 1 fully saturated rings. The fraction of sp³-hybridized carbons (Fsp3) is 0.238. The minimum atomic E-state index is -0.843. The van der Waals surface area contributed by atoms with Gasteiger partial charge < -0.3 is 4.79 Å². The zero-order valence-corrected chi connectivity index (χ0v) is 14.8. The Hall–Kier alpha value is -3.12. The second-order valence-electron chi connectivity index (χ2n) is 6.84. The molecule has 6 heteroatoms. The molecule has 0 aliphatic carbocycles. The average Bonchev–Trinajstić information content (AvgIpc) is 2.96. The molecule has 1 amide bonds. The van der Waals surface area contributed by atoms with Crippen LogP contribution in [0, 0.1) is 0 Å². The highest BCUT2D eigenvalue weighted by Crippen LogP contribution is 2.29. The average molecular weight is 360 g/mol. The van der Waals surface area contributed by atoms with Gasteiger partial charge in [0.25, 0.3) is 0 Å². The van der Waals surface area contributed by atoms with E-state index in [4.69, 9.17) is 4.98 Å². The van der Waals surface area contributed by atoms with E-state index >= 15 is 0 Å². The summed E-state index contributed by atoms with van der Waals surface area (Å²) in [6.07, 6.45) is 4.64. The number of carbonyl (C=O) groups is 2. The standard InChI is InChI=1S/C21H20N4O2/c26-14-21(9-3-11-25(15-27)23-13-21)20-22-10-8-19(24-20)18-7-6-16-4-1-2-5-17(16)12-18/h1-2,4-8,10,12,14-15,23H,3,9,11,13H2. The maximum atomic E-state index is 12.0. The minimum absolute atomic E-state index is 0.302. The number of rotatable bonds is 4. The van der Waals surface area contributed by atoms with Crippen LogP contribution in [0.2, 0.25) is 0 Å². The summed E-state index contributed by atoms with van der Waals surface area (Å²) in [7, 11) is 0. The Bertz CT molecular complexity index is 991. The molecule has 0 bridgehead atoms. The number of aromatic nitrogens is 2. The van der Waals surface area contributed by atoms with Gasteiger partial charge in [-0.15, -0.1) is 0 Å². The Balaban J connectivity index is 1.72. The second-order valence-corrected chi connectivity index (χ2v) is 6.84. The molecule has 6 nitrogen and oxygen atoms in total. The number of carbonyl (C=O) groups excluding carboxylic acids is 2. The fourth-order valence-corrected chi connectivity index (χ4v) is 3.52. The molecule has 2 aromatic carbocycles. The normalized spacial score (nSPS) is 20.2. The maximum Gasteiger partial charge on any atom is 0.223 e. The van der Waals surface area contributed by atoms with E-state index in [1.54, 1.807) is 6.20 Å². The van der Waals surface area contributed by atoms with Crippen LogP contribution in [0.1, 0.15) is 18.7 Å². The first kappa shape index (κ1) is 17.3. The molecule has 1 aliphatic rings. The minimum Gasteiger partial charge on any atom is -0.302 e. The van der Waals surface area contributed by atoms with Crippen molar-refractivity contribution in [1.29, 1.82) is 0 Å².